The first-order valence-corrected chi connectivity index (χ1v) is 20.7. The van der Waals surface area contributed by atoms with Crippen LogP contribution in [0.15, 0.2) is 212 Å². The van der Waals surface area contributed by atoms with Gasteiger partial charge in [0.05, 0.1) is 34.3 Å². The second-order valence-electron chi connectivity index (χ2n) is 15.4. The van der Waals surface area contributed by atoms with E-state index in [1.165, 1.54) is 16.7 Å². The van der Waals surface area contributed by atoms with E-state index >= 15 is 0 Å². The highest BCUT2D eigenvalue weighted by atomic mass is 15.1. The highest BCUT2D eigenvalue weighted by Gasteiger charge is 2.25. The van der Waals surface area contributed by atoms with Gasteiger partial charge in [0, 0.05) is 28.3 Å². The largest absolute Gasteiger partial charge is 0.292 e. The average molecular weight is 791 g/mol. The van der Waals surface area contributed by atoms with Gasteiger partial charge in [0.15, 0.2) is 0 Å². The van der Waals surface area contributed by atoms with Gasteiger partial charge in [-0.15, -0.1) is 0 Å². The Balaban J connectivity index is 1.09. The van der Waals surface area contributed by atoms with Crippen molar-refractivity contribution in [3.8, 4) is 51.5 Å². The molecule has 9 aromatic carbocycles. The van der Waals surface area contributed by atoms with E-state index in [0.29, 0.717) is 11.1 Å². The summed E-state index contributed by atoms with van der Waals surface area (Å²) in [5.74, 6) is 0.964. The maximum absolute atomic E-state index is 9.69. The highest BCUT2D eigenvalue weighted by molar-refractivity contribution is 6.20. The quantitative estimate of drug-likeness (QED) is 0.108. The van der Waals surface area contributed by atoms with Crippen LogP contribution in [0.3, 0.4) is 0 Å². The number of fused-ring (bicyclic) bond motifs is 2. The fourth-order valence-corrected chi connectivity index (χ4v) is 8.63. The first-order chi connectivity index (χ1) is 30.7. The molecule has 1 heterocycles. The van der Waals surface area contributed by atoms with E-state index in [-0.39, 0.29) is 5.92 Å². The molecule has 0 saturated carbocycles. The van der Waals surface area contributed by atoms with Gasteiger partial charge in [0.2, 0.25) is 0 Å². The number of hydrogen-bond acceptors (Lipinski definition) is 3. The Hall–Kier alpha value is -8.57. The van der Waals surface area contributed by atoms with Crippen molar-refractivity contribution in [1.82, 2.24) is 9.55 Å². The zero-order valence-electron chi connectivity index (χ0n) is 33.7. The van der Waals surface area contributed by atoms with Gasteiger partial charge in [0.1, 0.15) is 5.82 Å². The monoisotopic (exact) mass is 790 g/mol. The van der Waals surface area contributed by atoms with Crippen LogP contribution in [0.2, 0.25) is 0 Å². The molecule has 0 bridgehead atoms. The van der Waals surface area contributed by atoms with Crippen molar-refractivity contribution in [1.29, 1.82) is 10.5 Å². The molecule has 0 aliphatic rings. The Morgan fingerprint density at radius 2 is 0.839 bits per heavy atom. The minimum Gasteiger partial charge on any atom is -0.292 e. The third kappa shape index (κ3) is 7.13. The first-order valence-electron chi connectivity index (χ1n) is 20.7. The van der Waals surface area contributed by atoms with Crippen molar-refractivity contribution in [2.45, 2.75) is 5.92 Å². The van der Waals surface area contributed by atoms with E-state index in [1.807, 2.05) is 54.6 Å². The third-order valence-corrected chi connectivity index (χ3v) is 11.6. The molecule has 0 amide bonds. The maximum Gasteiger partial charge on any atom is 0.145 e. The minimum absolute atomic E-state index is 0.154. The van der Waals surface area contributed by atoms with Gasteiger partial charge in [0.25, 0.3) is 0 Å². The number of nitrogens with zero attached hydrogens (tertiary/aromatic N) is 4. The van der Waals surface area contributed by atoms with Crippen LogP contribution in [-0.2, 0) is 0 Å². The standard InChI is InChI=1S/C58H38N4/c59-38-42-26-32-47(33-27-42)54-51-18-10-11-19-52(51)55(48-34-28-43(39-60)29-35-48)57-56(54)61-58(62(57)50-16-8-3-9-17-50)49-36-24-41(25-37-49)21-20-40-22-30-46(31-23-40)53(44-12-4-1-5-13-44)45-14-6-2-7-15-45/h1-37,53H. The van der Waals surface area contributed by atoms with Crippen LogP contribution in [0.25, 0.3) is 73.3 Å². The summed E-state index contributed by atoms with van der Waals surface area (Å²) in [6.07, 6.45) is 4.32. The number of benzene rings is 9. The van der Waals surface area contributed by atoms with E-state index in [1.54, 1.807) is 0 Å². The van der Waals surface area contributed by atoms with Crippen LogP contribution >= 0.6 is 0 Å². The second kappa shape index (κ2) is 16.6. The zero-order chi connectivity index (χ0) is 41.8. The summed E-state index contributed by atoms with van der Waals surface area (Å²) in [5.41, 5.74) is 15.0. The number of hydrogen-bond donors (Lipinski definition) is 0. The predicted octanol–water partition coefficient (Wildman–Crippen LogP) is 14.3. The summed E-state index contributed by atoms with van der Waals surface area (Å²) >= 11 is 0. The van der Waals surface area contributed by atoms with Crippen molar-refractivity contribution in [2.24, 2.45) is 0 Å². The summed E-state index contributed by atoms with van der Waals surface area (Å²) < 4.78 is 2.27. The Bertz CT molecular complexity index is 3260. The number of aromatic nitrogens is 2. The van der Waals surface area contributed by atoms with Crippen LogP contribution in [0.4, 0.5) is 0 Å². The van der Waals surface area contributed by atoms with Crippen LogP contribution in [0, 0.1) is 22.7 Å². The number of nitriles is 2. The average Bonchev–Trinajstić information content (AvgIpc) is 3.74. The molecule has 62 heavy (non-hydrogen) atoms. The lowest BCUT2D eigenvalue weighted by Crippen LogP contribution is -2.03. The van der Waals surface area contributed by atoms with Gasteiger partial charge in [-0.1, -0.05) is 188 Å². The molecule has 0 atom stereocenters. The lowest BCUT2D eigenvalue weighted by Gasteiger charge is -2.19. The van der Waals surface area contributed by atoms with Crippen molar-refractivity contribution in [3.05, 3.63) is 251 Å². The maximum atomic E-state index is 9.69. The van der Waals surface area contributed by atoms with E-state index in [9.17, 15) is 10.5 Å². The number of imidazole rings is 1. The van der Waals surface area contributed by atoms with Crippen LogP contribution in [0.5, 0.6) is 0 Å². The number of para-hydroxylation sites is 1. The van der Waals surface area contributed by atoms with Crippen molar-refractivity contribution in [2.75, 3.05) is 0 Å². The second-order valence-corrected chi connectivity index (χ2v) is 15.4. The van der Waals surface area contributed by atoms with E-state index < -0.39 is 0 Å². The van der Waals surface area contributed by atoms with Crippen LogP contribution in [-0.4, -0.2) is 9.55 Å². The lowest BCUT2D eigenvalue weighted by molar-refractivity contribution is 0.977. The van der Waals surface area contributed by atoms with Crippen molar-refractivity contribution < 1.29 is 0 Å². The molecule has 0 radical (unpaired) electrons. The van der Waals surface area contributed by atoms with E-state index in [4.69, 9.17) is 4.98 Å². The minimum atomic E-state index is 0.154. The van der Waals surface area contributed by atoms with E-state index in [0.717, 1.165) is 72.3 Å². The molecule has 4 nitrogen and oxygen atoms in total. The summed E-state index contributed by atoms with van der Waals surface area (Å²) in [4.78, 5) is 5.57. The molecule has 0 aliphatic carbocycles. The van der Waals surface area contributed by atoms with Crippen LogP contribution in [0.1, 0.15) is 44.9 Å². The molecule has 10 aromatic rings. The lowest BCUT2D eigenvalue weighted by atomic mass is 9.85. The molecule has 0 aliphatic heterocycles. The zero-order valence-corrected chi connectivity index (χ0v) is 33.7. The fraction of sp³-hybridized carbons (Fsp3) is 0.0172. The van der Waals surface area contributed by atoms with Gasteiger partial charge < -0.3 is 0 Å². The van der Waals surface area contributed by atoms with Crippen molar-refractivity contribution >= 4 is 34.0 Å². The molecule has 0 spiro atoms. The summed E-state index contributed by atoms with van der Waals surface area (Å²) in [5, 5.41) is 21.5. The summed E-state index contributed by atoms with van der Waals surface area (Å²) in [6, 6.07) is 77.8. The van der Waals surface area contributed by atoms with Gasteiger partial charge in [-0.25, -0.2) is 4.98 Å². The Labute approximate surface area is 361 Å². The molecular weight excluding hydrogens is 753 g/mol. The Kier molecular flexibility index (Phi) is 10.1. The molecule has 4 heteroatoms. The number of rotatable bonds is 9. The summed E-state index contributed by atoms with van der Waals surface area (Å²) in [7, 11) is 0. The molecule has 10 rings (SSSR count). The van der Waals surface area contributed by atoms with Crippen molar-refractivity contribution in [3.63, 3.8) is 0 Å². The summed E-state index contributed by atoms with van der Waals surface area (Å²) in [6.45, 7) is 0. The Morgan fingerprint density at radius 3 is 1.35 bits per heavy atom. The molecular formula is C58H38N4. The van der Waals surface area contributed by atoms with Gasteiger partial charge in [-0.05, 0) is 86.1 Å². The van der Waals surface area contributed by atoms with Gasteiger partial charge in [-0.3, -0.25) is 4.57 Å². The normalized spacial score (nSPS) is 11.3. The highest BCUT2D eigenvalue weighted by Crippen LogP contribution is 2.46. The first kappa shape index (κ1) is 37.7. The third-order valence-electron chi connectivity index (χ3n) is 11.6. The molecule has 290 valence electrons. The van der Waals surface area contributed by atoms with Crippen LogP contribution < -0.4 is 0 Å². The Morgan fingerprint density at radius 1 is 0.419 bits per heavy atom. The van der Waals surface area contributed by atoms with Gasteiger partial charge in [-0.2, -0.15) is 10.5 Å². The molecule has 0 fully saturated rings. The molecule has 0 unspecified atom stereocenters. The SMILES string of the molecule is N#Cc1ccc(-c2c3ccccc3c(-c3ccc(C#N)cc3)c3c2nc(-c2ccc(C=Cc4ccc(C(c5ccccc5)c5ccccc5)cc4)cc2)n3-c2ccccc2)cc1. The van der Waals surface area contributed by atoms with Gasteiger partial charge >= 0.3 is 0 Å². The molecule has 1 aromatic heterocycles. The smallest absolute Gasteiger partial charge is 0.145 e. The van der Waals surface area contributed by atoms with E-state index in [2.05, 4.69) is 187 Å². The fourth-order valence-electron chi connectivity index (χ4n) is 8.63. The molecule has 0 saturated heterocycles. The topological polar surface area (TPSA) is 65.4 Å². The predicted molar refractivity (Wildman–Crippen MR) is 254 cm³/mol. The molecule has 0 N–H and O–H groups in total.